The van der Waals surface area contributed by atoms with Gasteiger partial charge >= 0.3 is 0 Å². The van der Waals surface area contributed by atoms with Gasteiger partial charge in [-0.25, -0.2) is 0 Å². The number of hydrogen-bond acceptors (Lipinski definition) is 5. The maximum atomic E-state index is 12.0. The average Bonchev–Trinajstić information content (AvgIpc) is 2.49. The van der Waals surface area contributed by atoms with E-state index in [1.807, 2.05) is 0 Å². The molecule has 5 heteroatoms. The lowest BCUT2D eigenvalue weighted by Gasteiger charge is -2.19. The Morgan fingerprint density at radius 2 is 1.55 bits per heavy atom. The molecule has 0 radical (unpaired) electrons. The number of carbonyl (C=O) groups is 2. The van der Waals surface area contributed by atoms with Crippen molar-refractivity contribution in [3.05, 3.63) is 41.0 Å². The van der Waals surface area contributed by atoms with Crippen LogP contribution in [-0.4, -0.2) is 40.1 Å². The summed E-state index contributed by atoms with van der Waals surface area (Å²) >= 11 is 0. The van der Waals surface area contributed by atoms with E-state index in [0.29, 0.717) is 12.0 Å². The van der Waals surface area contributed by atoms with E-state index in [2.05, 4.69) is 0 Å². The van der Waals surface area contributed by atoms with Crippen LogP contribution in [0.15, 0.2) is 29.8 Å². The summed E-state index contributed by atoms with van der Waals surface area (Å²) in [4.78, 5) is 24.0. The Bertz CT molecular complexity index is 569. The van der Waals surface area contributed by atoms with Crippen LogP contribution in [0.4, 0.5) is 0 Å². The quantitative estimate of drug-likeness (QED) is 0.700. The maximum Gasteiger partial charge on any atom is 0.234 e. The molecule has 20 heavy (non-hydrogen) atoms. The molecule has 0 unspecified atom stereocenters. The first-order chi connectivity index (χ1) is 9.60. The van der Waals surface area contributed by atoms with Crippen LogP contribution in [0.3, 0.4) is 0 Å². The first-order valence-electron chi connectivity index (χ1n) is 6.42. The Hall–Kier alpha value is -1.98. The molecule has 106 valence electrons. The van der Waals surface area contributed by atoms with E-state index in [1.165, 1.54) is 6.07 Å². The highest BCUT2D eigenvalue weighted by molar-refractivity contribution is 6.52. The molecular weight excluding hydrogens is 260 g/mol. The molecule has 1 aliphatic carbocycles. The molecule has 0 aromatic heterocycles. The van der Waals surface area contributed by atoms with Crippen molar-refractivity contribution < 1.29 is 24.9 Å². The van der Waals surface area contributed by atoms with Gasteiger partial charge in [0, 0.05) is 35.8 Å². The van der Waals surface area contributed by atoms with Crippen molar-refractivity contribution in [2.24, 2.45) is 5.92 Å². The van der Waals surface area contributed by atoms with E-state index in [9.17, 15) is 14.7 Å². The molecule has 0 heterocycles. The summed E-state index contributed by atoms with van der Waals surface area (Å²) in [5.74, 6) is -1.89. The third-order valence-electron chi connectivity index (χ3n) is 3.51. The Morgan fingerprint density at radius 3 is 2.15 bits per heavy atom. The summed E-state index contributed by atoms with van der Waals surface area (Å²) in [5.41, 5.74) is 0.622. The van der Waals surface area contributed by atoms with E-state index < -0.39 is 11.6 Å². The normalized spacial score (nSPS) is 14.9. The van der Waals surface area contributed by atoms with Gasteiger partial charge in [-0.05, 0) is 12.8 Å². The number of aliphatic hydroxyl groups excluding tert-OH is 3. The number of hydrogen-bond donors (Lipinski definition) is 3. The number of aliphatic hydroxyl groups is 3. The zero-order valence-electron chi connectivity index (χ0n) is 10.9. The molecule has 0 aliphatic heterocycles. The van der Waals surface area contributed by atoms with Crippen LogP contribution in [0.2, 0.25) is 0 Å². The van der Waals surface area contributed by atoms with Gasteiger partial charge in [-0.1, -0.05) is 24.3 Å². The maximum absolute atomic E-state index is 12.0. The van der Waals surface area contributed by atoms with E-state index in [-0.39, 0.29) is 42.4 Å². The molecule has 1 aromatic carbocycles. The van der Waals surface area contributed by atoms with Gasteiger partial charge in [0.15, 0.2) is 0 Å². The molecule has 0 atom stereocenters. The Balaban J connectivity index is 2.32. The number of benzene rings is 1. The molecule has 0 amide bonds. The second-order valence-corrected chi connectivity index (χ2v) is 4.80. The Kier molecular flexibility index (Phi) is 4.32. The van der Waals surface area contributed by atoms with E-state index >= 15 is 0 Å². The lowest BCUT2D eigenvalue weighted by Crippen LogP contribution is -2.25. The SMILES string of the molecule is O=C1C(=O)c2ccccc2C(O)=C1CCC(CO)CO. The number of Topliss-reactive ketones (excluding diaryl/α,β-unsaturated/α-hetero) is 2. The minimum Gasteiger partial charge on any atom is -0.507 e. The second-order valence-electron chi connectivity index (χ2n) is 4.80. The molecule has 2 rings (SSSR count). The largest absolute Gasteiger partial charge is 0.507 e. The number of fused-ring (bicyclic) bond motifs is 1. The molecule has 0 saturated heterocycles. The summed E-state index contributed by atoms with van der Waals surface area (Å²) in [5, 5.41) is 28.2. The smallest absolute Gasteiger partial charge is 0.234 e. The van der Waals surface area contributed by atoms with Gasteiger partial charge in [-0.2, -0.15) is 0 Å². The molecule has 0 bridgehead atoms. The molecule has 0 spiro atoms. The number of rotatable bonds is 5. The van der Waals surface area contributed by atoms with E-state index in [0.717, 1.165) is 0 Å². The first-order valence-corrected chi connectivity index (χ1v) is 6.42. The van der Waals surface area contributed by atoms with Gasteiger partial charge in [-0.3, -0.25) is 9.59 Å². The van der Waals surface area contributed by atoms with Crippen LogP contribution in [-0.2, 0) is 4.79 Å². The third kappa shape index (κ3) is 2.50. The molecule has 5 nitrogen and oxygen atoms in total. The fourth-order valence-corrected chi connectivity index (χ4v) is 2.24. The third-order valence-corrected chi connectivity index (χ3v) is 3.51. The van der Waals surface area contributed by atoms with Gasteiger partial charge in [0.2, 0.25) is 11.6 Å². The monoisotopic (exact) mass is 276 g/mol. The first kappa shape index (κ1) is 14.4. The lowest BCUT2D eigenvalue weighted by molar-refractivity contribution is -0.112. The van der Waals surface area contributed by atoms with E-state index in [1.54, 1.807) is 18.2 Å². The predicted octanol–water partition coefficient (Wildman–Crippen LogP) is 1.10. The van der Waals surface area contributed by atoms with Crippen molar-refractivity contribution in [1.29, 1.82) is 0 Å². The predicted molar refractivity (Wildman–Crippen MR) is 72.2 cm³/mol. The number of allylic oxidation sites excluding steroid dienone is 1. The van der Waals surface area contributed by atoms with Crippen LogP contribution in [0, 0.1) is 5.92 Å². The zero-order valence-corrected chi connectivity index (χ0v) is 10.9. The molecule has 0 fully saturated rings. The topological polar surface area (TPSA) is 94.8 Å². The van der Waals surface area contributed by atoms with Crippen molar-refractivity contribution in [3.63, 3.8) is 0 Å². The Morgan fingerprint density at radius 1 is 0.950 bits per heavy atom. The van der Waals surface area contributed by atoms with Crippen LogP contribution in [0.25, 0.3) is 5.76 Å². The summed E-state index contributed by atoms with van der Waals surface area (Å²) in [6.07, 6.45) is 0.476. The molecular formula is C15H16O5. The summed E-state index contributed by atoms with van der Waals surface area (Å²) < 4.78 is 0. The molecule has 3 N–H and O–H groups in total. The van der Waals surface area contributed by atoms with Gasteiger partial charge in [-0.15, -0.1) is 0 Å². The molecule has 1 aromatic rings. The highest BCUT2D eigenvalue weighted by atomic mass is 16.3. The highest BCUT2D eigenvalue weighted by Gasteiger charge is 2.32. The summed E-state index contributed by atoms with van der Waals surface area (Å²) in [6, 6.07) is 6.41. The number of ketones is 2. The molecule has 1 aliphatic rings. The fraction of sp³-hybridized carbons (Fsp3) is 0.333. The minimum absolute atomic E-state index is 0.0561. The zero-order chi connectivity index (χ0) is 14.7. The van der Waals surface area contributed by atoms with Crippen LogP contribution in [0.5, 0.6) is 0 Å². The minimum atomic E-state index is -0.712. The van der Waals surface area contributed by atoms with Gasteiger partial charge in [0.25, 0.3) is 0 Å². The van der Waals surface area contributed by atoms with Crippen LogP contribution >= 0.6 is 0 Å². The van der Waals surface area contributed by atoms with Gasteiger partial charge in [0.1, 0.15) is 5.76 Å². The molecule has 0 saturated carbocycles. The fourth-order valence-electron chi connectivity index (χ4n) is 2.24. The average molecular weight is 276 g/mol. The van der Waals surface area contributed by atoms with Crippen molar-refractivity contribution >= 4 is 17.3 Å². The van der Waals surface area contributed by atoms with Crippen LogP contribution < -0.4 is 0 Å². The highest BCUT2D eigenvalue weighted by Crippen LogP contribution is 2.30. The van der Waals surface area contributed by atoms with Gasteiger partial charge < -0.3 is 15.3 Å². The van der Waals surface area contributed by atoms with Crippen molar-refractivity contribution in [1.82, 2.24) is 0 Å². The Labute approximate surface area is 116 Å². The summed E-state index contributed by atoms with van der Waals surface area (Å²) in [7, 11) is 0. The second kappa shape index (κ2) is 5.98. The van der Waals surface area contributed by atoms with Crippen molar-refractivity contribution in [2.45, 2.75) is 12.8 Å². The van der Waals surface area contributed by atoms with E-state index in [4.69, 9.17) is 10.2 Å². The lowest BCUT2D eigenvalue weighted by atomic mass is 9.85. The standard InChI is InChI=1S/C15H16O5/c16-7-9(8-17)5-6-12-13(18)10-3-1-2-4-11(10)14(19)15(12)20/h1-4,9,16-18H,5-8H2. The summed E-state index contributed by atoms with van der Waals surface area (Å²) in [6.45, 7) is -0.410. The van der Waals surface area contributed by atoms with Gasteiger partial charge in [0.05, 0.1) is 0 Å². The van der Waals surface area contributed by atoms with Crippen molar-refractivity contribution in [2.75, 3.05) is 13.2 Å². The number of carbonyl (C=O) groups excluding carboxylic acids is 2. The van der Waals surface area contributed by atoms with Crippen molar-refractivity contribution in [3.8, 4) is 0 Å². The van der Waals surface area contributed by atoms with Crippen LogP contribution in [0.1, 0.15) is 28.8 Å².